The fourth-order valence-corrected chi connectivity index (χ4v) is 13.3. The number of likely N-dealkylation sites (tertiary alicyclic amines) is 1. The van der Waals surface area contributed by atoms with Crippen LogP contribution in [0.5, 0.6) is 0 Å². The van der Waals surface area contributed by atoms with Crippen molar-refractivity contribution in [2.75, 3.05) is 20.1 Å². The van der Waals surface area contributed by atoms with Gasteiger partial charge in [-0.15, -0.1) is 0 Å². The number of ketones is 1. The van der Waals surface area contributed by atoms with Gasteiger partial charge in [-0.3, -0.25) is 19.2 Å². The molecule has 1 heterocycles. The molecule has 5 fully saturated rings. The van der Waals surface area contributed by atoms with Crippen molar-refractivity contribution in [3.05, 3.63) is 11.1 Å². The zero-order chi connectivity index (χ0) is 36.8. The van der Waals surface area contributed by atoms with Gasteiger partial charge in [-0.05, 0) is 143 Å². The van der Waals surface area contributed by atoms with Gasteiger partial charge in [0, 0.05) is 24.4 Å². The molecule has 4 unspecified atom stereocenters. The third-order valence-electron chi connectivity index (χ3n) is 16.4. The molecule has 5 aliphatic carbocycles. The fraction of sp³-hybridized carbons (Fsp3) is 0.857. The topological polar surface area (TPSA) is 113 Å². The Hall–Kier alpha value is -2.22. The molecule has 0 radical (unpaired) electrons. The Balaban J connectivity index is 1.28. The van der Waals surface area contributed by atoms with Crippen LogP contribution in [-0.2, 0) is 23.9 Å². The van der Waals surface area contributed by atoms with Crippen LogP contribution in [0.25, 0.3) is 0 Å². The highest BCUT2D eigenvalue weighted by atomic mass is 16.5. The van der Waals surface area contributed by atoms with Gasteiger partial charge in [0.25, 0.3) is 0 Å². The van der Waals surface area contributed by atoms with Crippen LogP contribution in [0, 0.1) is 56.2 Å². The van der Waals surface area contributed by atoms with E-state index in [0.29, 0.717) is 30.8 Å². The number of hydrogen-bond donors (Lipinski definition) is 2. The number of esters is 1. The number of aliphatic carboxylic acids is 1. The molecule has 0 spiro atoms. The summed E-state index contributed by atoms with van der Waals surface area (Å²) >= 11 is 0. The second-order valence-electron chi connectivity index (χ2n) is 20.0. The maximum absolute atomic E-state index is 14.5. The van der Waals surface area contributed by atoms with Gasteiger partial charge in [0.2, 0.25) is 5.91 Å². The number of nitrogens with one attached hydrogen (secondary N) is 1. The summed E-state index contributed by atoms with van der Waals surface area (Å²) in [5.74, 6) is 0.0249. The van der Waals surface area contributed by atoms with E-state index in [9.17, 15) is 24.3 Å². The van der Waals surface area contributed by atoms with E-state index in [0.717, 1.165) is 76.3 Å². The number of amides is 1. The Morgan fingerprint density at radius 1 is 0.940 bits per heavy atom. The molecule has 0 bridgehead atoms. The normalized spacial score (nSPS) is 41.3. The summed E-state index contributed by atoms with van der Waals surface area (Å²) in [4.78, 5) is 55.6. The second-order valence-corrected chi connectivity index (χ2v) is 20.0. The molecule has 6 aliphatic rings. The van der Waals surface area contributed by atoms with E-state index >= 15 is 0 Å². The zero-order valence-electron chi connectivity index (χ0n) is 32.8. The van der Waals surface area contributed by atoms with Crippen molar-refractivity contribution in [1.82, 2.24) is 10.2 Å². The Morgan fingerprint density at radius 2 is 1.64 bits per heavy atom. The molecule has 8 heteroatoms. The van der Waals surface area contributed by atoms with Crippen LogP contribution in [-0.4, -0.2) is 65.9 Å². The van der Waals surface area contributed by atoms with E-state index in [2.05, 4.69) is 65.7 Å². The number of carbonyl (C=O) groups is 4. The minimum Gasteiger partial charge on any atom is -0.481 e. The number of fused-ring (bicyclic) bond motifs is 7. The molecule has 6 rings (SSSR count). The third kappa shape index (κ3) is 5.45. The molecule has 9 atom stereocenters. The maximum Gasteiger partial charge on any atom is 0.309 e. The fourth-order valence-electron chi connectivity index (χ4n) is 13.3. The quantitative estimate of drug-likeness (QED) is 0.252. The van der Waals surface area contributed by atoms with E-state index in [1.165, 1.54) is 5.57 Å². The summed E-state index contributed by atoms with van der Waals surface area (Å²) in [6, 6.07) is 0.364. The molecule has 1 saturated heterocycles. The average molecular weight is 695 g/mol. The van der Waals surface area contributed by atoms with Gasteiger partial charge in [-0.25, -0.2) is 0 Å². The molecule has 8 nitrogen and oxygen atoms in total. The Morgan fingerprint density at radius 3 is 2.26 bits per heavy atom. The van der Waals surface area contributed by atoms with E-state index in [-0.39, 0.29) is 57.7 Å². The molecule has 0 aromatic heterocycles. The Kier molecular flexibility index (Phi) is 9.34. The number of likely N-dealkylation sites (N-methyl/N-ethyl adjacent to an activating group) is 1. The van der Waals surface area contributed by atoms with Crippen molar-refractivity contribution >= 4 is 23.6 Å². The number of rotatable bonds is 8. The van der Waals surface area contributed by atoms with Gasteiger partial charge in [0.05, 0.1) is 17.3 Å². The molecule has 1 aliphatic heterocycles. The van der Waals surface area contributed by atoms with Gasteiger partial charge in [-0.1, -0.05) is 48.5 Å². The van der Waals surface area contributed by atoms with Gasteiger partial charge >= 0.3 is 11.9 Å². The molecular weight excluding hydrogens is 628 g/mol. The SMILES string of the molecule is CC(C)C1=C2C3CCC4[C@@]5(C)CC[C@H](OC(=O)CC(C)(C)C(=O)O)C(C)(C)C5CC[C@@]4(C)[C@]3(C)CCC2(C(=O)NC[C@H]2CCCN2C)CC1=O. The highest BCUT2D eigenvalue weighted by Gasteiger charge is 2.71. The first kappa shape index (κ1) is 37.5. The number of carbonyl (C=O) groups excluding carboxylic acids is 3. The molecule has 0 aromatic carbocycles. The highest BCUT2D eigenvalue weighted by molar-refractivity contribution is 6.07. The Bertz CT molecular complexity index is 1460. The average Bonchev–Trinajstić information content (AvgIpc) is 3.57. The van der Waals surface area contributed by atoms with Crippen LogP contribution in [0.3, 0.4) is 0 Å². The maximum atomic E-state index is 14.5. The number of allylic oxidation sites excluding steroid dienone is 1. The van der Waals surface area contributed by atoms with E-state index < -0.39 is 22.8 Å². The number of nitrogens with zero attached hydrogens (tertiary/aromatic N) is 1. The van der Waals surface area contributed by atoms with Gasteiger partial charge in [-0.2, -0.15) is 0 Å². The third-order valence-corrected chi connectivity index (χ3v) is 16.4. The minimum absolute atomic E-state index is 0.0324. The van der Waals surface area contributed by atoms with Crippen LogP contribution in [0.1, 0.15) is 139 Å². The summed E-state index contributed by atoms with van der Waals surface area (Å²) in [6.07, 6.45) is 9.86. The van der Waals surface area contributed by atoms with Crippen LogP contribution < -0.4 is 5.32 Å². The molecule has 1 amide bonds. The number of Topliss-reactive ketones (excluding diaryl/α,β-unsaturated/α-hetero) is 1. The number of carboxylic acids is 1. The molecule has 280 valence electrons. The van der Waals surface area contributed by atoms with Crippen molar-refractivity contribution in [3.8, 4) is 0 Å². The van der Waals surface area contributed by atoms with Gasteiger partial charge in [0.15, 0.2) is 5.78 Å². The van der Waals surface area contributed by atoms with Crippen molar-refractivity contribution < 1.29 is 29.0 Å². The second kappa shape index (κ2) is 12.4. The van der Waals surface area contributed by atoms with Crippen molar-refractivity contribution in [1.29, 1.82) is 0 Å². The predicted molar refractivity (Wildman–Crippen MR) is 194 cm³/mol. The first-order valence-corrected chi connectivity index (χ1v) is 19.8. The zero-order valence-corrected chi connectivity index (χ0v) is 32.8. The van der Waals surface area contributed by atoms with Gasteiger partial charge < -0.3 is 20.1 Å². The molecule has 0 aromatic rings. The summed E-state index contributed by atoms with van der Waals surface area (Å²) in [6.45, 7) is 21.3. The lowest BCUT2D eigenvalue weighted by Gasteiger charge is -2.72. The van der Waals surface area contributed by atoms with Crippen LogP contribution >= 0.6 is 0 Å². The number of ether oxygens (including phenoxy) is 1. The standard InChI is InChI=1S/C42H66N2O6/c1-25(2)33-28(45)22-42(35(47)43-24-26-12-11-21-44(26)10)20-19-40(8)27(34(33)42)13-14-30-39(7)17-16-31(50-32(46)23-37(3,4)36(48)49)38(5,6)29(39)15-18-41(30,40)9/h25-27,29-31H,11-24H2,1-10H3,(H,43,47)(H,48,49)/t26-,27?,29?,30?,31+,39+,40-,41-,42?/m1/s1. The smallest absolute Gasteiger partial charge is 0.309 e. The predicted octanol–water partition coefficient (Wildman–Crippen LogP) is 7.59. The summed E-state index contributed by atoms with van der Waals surface area (Å²) in [5.41, 5.74) is 0.103. The van der Waals surface area contributed by atoms with Crippen molar-refractivity contribution in [3.63, 3.8) is 0 Å². The lowest BCUT2D eigenvalue weighted by Crippen LogP contribution is -2.66. The number of hydrogen-bond acceptors (Lipinski definition) is 6. The first-order valence-electron chi connectivity index (χ1n) is 19.8. The monoisotopic (exact) mass is 694 g/mol. The molecule has 50 heavy (non-hydrogen) atoms. The van der Waals surface area contributed by atoms with Crippen LogP contribution in [0.2, 0.25) is 0 Å². The van der Waals surface area contributed by atoms with Crippen molar-refractivity contribution in [2.24, 2.45) is 56.2 Å². The van der Waals surface area contributed by atoms with Crippen LogP contribution in [0.4, 0.5) is 0 Å². The summed E-state index contributed by atoms with van der Waals surface area (Å²) < 4.78 is 6.16. The lowest BCUT2D eigenvalue weighted by atomic mass is 9.33. The van der Waals surface area contributed by atoms with Crippen LogP contribution in [0.15, 0.2) is 11.1 Å². The summed E-state index contributed by atoms with van der Waals surface area (Å²) in [5, 5.41) is 13.0. The Labute approximate surface area is 301 Å². The minimum atomic E-state index is -1.16. The number of carboxylic acid groups (broad SMARTS) is 1. The molecular formula is C42H66N2O6. The lowest BCUT2D eigenvalue weighted by molar-refractivity contribution is -0.233. The van der Waals surface area contributed by atoms with Gasteiger partial charge in [0.1, 0.15) is 6.10 Å². The van der Waals surface area contributed by atoms with Crippen molar-refractivity contribution in [2.45, 2.75) is 152 Å². The summed E-state index contributed by atoms with van der Waals surface area (Å²) in [7, 11) is 2.15. The van der Waals surface area contributed by atoms with E-state index in [1.54, 1.807) is 13.8 Å². The molecule has 2 N–H and O–H groups in total. The molecule has 4 saturated carbocycles. The largest absolute Gasteiger partial charge is 0.481 e. The highest BCUT2D eigenvalue weighted by Crippen LogP contribution is 2.76. The van der Waals surface area contributed by atoms with E-state index in [4.69, 9.17) is 4.74 Å². The van der Waals surface area contributed by atoms with E-state index in [1.807, 2.05) is 0 Å². The first-order chi connectivity index (χ1) is 23.2.